The number of allylic oxidation sites excluding steroid dienone is 1. The highest BCUT2D eigenvalue weighted by Gasteiger charge is 2.08. The molecule has 0 unspecified atom stereocenters. The number of rotatable bonds is 3. The molecule has 1 N–H and O–H groups in total. The molecule has 0 amide bonds. The van der Waals surface area contributed by atoms with Crippen molar-refractivity contribution in [2.45, 2.75) is 12.8 Å². The lowest BCUT2D eigenvalue weighted by molar-refractivity contribution is 0.438. The quantitative estimate of drug-likeness (QED) is 0.867. The van der Waals surface area contributed by atoms with Gasteiger partial charge in [0.2, 0.25) is 0 Å². The Bertz CT molecular complexity index is 548. The first-order valence-electron chi connectivity index (χ1n) is 7.46. The second-order valence-electron chi connectivity index (χ2n) is 5.43. The van der Waals surface area contributed by atoms with Gasteiger partial charge in [0.25, 0.3) is 0 Å². The molecule has 0 atom stereocenters. The molecule has 2 aromatic carbocycles. The molecule has 0 aromatic heterocycles. The minimum Gasteiger partial charge on any atom is -0.317 e. The van der Waals surface area contributed by atoms with Crippen molar-refractivity contribution < 1.29 is 0 Å². The lowest BCUT2D eigenvalue weighted by Crippen LogP contribution is -2.26. The smallest absolute Gasteiger partial charge is 0.00433 e. The molecule has 2 aromatic rings. The standard InChI is InChI=1S/C19H21N/c1-2-4-18(5-3-1)19-10-8-16(9-11-19)6-7-17-12-14-20-15-13-17/h1-11,17,20H,12-15H2/b7-6+. The van der Waals surface area contributed by atoms with Crippen LogP contribution in [0.1, 0.15) is 18.4 Å². The molecule has 1 heteroatoms. The molecule has 3 rings (SSSR count). The molecule has 102 valence electrons. The van der Waals surface area contributed by atoms with E-state index in [9.17, 15) is 0 Å². The molecule has 0 spiro atoms. The molecular weight excluding hydrogens is 242 g/mol. The second kappa shape index (κ2) is 6.53. The highest BCUT2D eigenvalue weighted by atomic mass is 14.9. The maximum absolute atomic E-state index is 3.40. The third-order valence-electron chi connectivity index (χ3n) is 3.96. The lowest BCUT2D eigenvalue weighted by atomic mass is 9.96. The zero-order chi connectivity index (χ0) is 13.6. The van der Waals surface area contributed by atoms with Crippen molar-refractivity contribution >= 4 is 6.08 Å². The van der Waals surface area contributed by atoms with E-state index in [4.69, 9.17) is 0 Å². The number of piperidine rings is 1. The predicted molar refractivity (Wildman–Crippen MR) is 86.5 cm³/mol. The molecule has 20 heavy (non-hydrogen) atoms. The van der Waals surface area contributed by atoms with Crippen LogP contribution in [0, 0.1) is 5.92 Å². The summed E-state index contributed by atoms with van der Waals surface area (Å²) in [6, 6.07) is 19.4. The fraction of sp³-hybridized carbons (Fsp3) is 0.263. The molecule has 1 saturated heterocycles. The average molecular weight is 263 g/mol. The van der Waals surface area contributed by atoms with Crippen LogP contribution < -0.4 is 5.32 Å². The third-order valence-corrected chi connectivity index (χ3v) is 3.96. The van der Waals surface area contributed by atoms with E-state index in [0.29, 0.717) is 0 Å². The van der Waals surface area contributed by atoms with Crippen LogP contribution >= 0.6 is 0 Å². The van der Waals surface area contributed by atoms with E-state index >= 15 is 0 Å². The van der Waals surface area contributed by atoms with Crippen molar-refractivity contribution in [3.63, 3.8) is 0 Å². The summed E-state index contributed by atoms with van der Waals surface area (Å²) in [5, 5.41) is 3.40. The SMILES string of the molecule is C(=C\C1CCNCC1)/c1ccc(-c2ccccc2)cc1. The first-order chi connectivity index (χ1) is 9.92. The molecule has 1 aliphatic heterocycles. The molecule has 1 aliphatic rings. The zero-order valence-electron chi connectivity index (χ0n) is 11.8. The first kappa shape index (κ1) is 13.1. The van der Waals surface area contributed by atoms with Crippen molar-refractivity contribution in [1.82, 2.24) is 5.32 Å². The Morgan fingerprint density at radius 3 is 2.15 bits per heavy atom. The first-order valence-corrected chi connectivity index (χ1v) is 7.46. The fourth-order valence-electron chi connectivity index (χ4n) is 2.70. The van der Waals surface area contributed by atoms with E-state index in [0.717, 1.165) is 19.0 Å². The Labute approximate surface area is 121 Å². The van der Waals surface area contributed by atoms with Crippen molar-refractivity contribution in [2.75, 3.05) is 13.1 Å². The van der Waals surface area contributed by atoms with E-state index in [1.54, 1.807) is 0 Å². The second-order valence-corrected chi connectivity index (χ2v) is 5.43. The van der Waals surface area contributed by atoms with Gasteiger partial charge in [0.15, 0.2) is 0 Å². The summed E-state index contributed by atoms with van der Waals surface area (Å²) in [7, 11) is 0. The lowest BCUT2D eigenvalue weighted by Gasteiger charge is -2.19. The summed E-state index contributed by atoms with van der Waals surface area (Å²) >= 11 is 0. The predicted octanol–water partition coefficient (Wildman–Crippen LogP) is 4.37. The van der Waals surface area contributed by atoms with Gasteiger partial charge >= 0.3 is 0 Å². The molecular formula is C19H21N. The summed E-state index contributed by atoms with van der Waals surface area (Å²) in [4.78, 5) is 0. The Hall–Kier alpha value is -1.86. The van der Waals surface area contributed by atoms with Gasteiger partial charge in [0.1, 0.15) is 0 Å². The maximum Gasteiger partial charge on any atom is -0.00433 e. The van der Waals surface area contributed by atoms with Crippen LogP contribution in [0.4, 0.5) is 0 Å². The highest BCUT2D eigenvalue weighted by Crippen LogP contribution is 2.20. The Morgan fingerprint density at radius 1 is 0.800 bits per heavy atom. The summed E-state index contributed by atoms with van der Waals surface area (Å²) in [6.07, 6.45) is 7.17. The summed E-state index contributed by atoms with van der Waals surface area (Å²) in [5.74, 6) is 0.741. The van der Waals surface area contributed by atoms with E-state index in [1.165, 1.54) is 29.5 Å². The Balaban J connectivity index is 1.68. The topological polar surface area (TPSA) is 12.0 Å². The third kappa shape index (κ3) is 3.37. The minimum atomic E-state index is 0.741. The summed E-state index contributed by atoms with van der Waals surface area (Å²) < 4.78 is 0. The highest BCUT2D eigenvalue weighted by molar-refractivity contribution is 5.65. The van der Waals surface area contributed by atoms with Crippen LogP contribution in [0.25, 0.3) is 17.2 Å². The number of benzene rings is 2. The molecule has 0 radical (unpaired) electrons. The van der Waals surface area contributed by atoms with Crippen molar-refractivity contribution in [3.05, 3.63) is 66.2 Å². The number of hydrogen-bond donors (Lipinski definition) is 1. The van der Waals surface area contributed by atoms with Gasteiger partial charge in [-0.25, -0.2) is 0 Å². The van der Waals surface area contributed by atoms with Crippen molar-refractivity contribution in [2.24, 2.45) is 5.92 Å². The normalized spacial score (nSPS) is 16.6. The number of nitrogens with one attached hydrogen (secondary N) is 1. The van der Waals surface area contributed by atoms with Crippen LogP contribution in [0.3, 0.4) is 0 Å². The van der Waals surface area contributed by atoms with Gasteiger partial charge in [-0.3, -0.25) is 0 Å². The molecule has 0 aliphatic carbocycles. The average Bonchev–Trinajstić information content (AvgIpc) is 2.55. The van der Waals surface area contributed by atoms with Crippen LogP contribution in [0.2, 0.25) is 0 Å². The maximum atomic E-state index is 3.40. The summed E-state index contributed by atoms with van der Waals surface area (Å²) in [6.45, 7) is 2.31. The van der Waals surface area contributed by atoms with Crippen LogP contribution in [0.15, 0.2) is 60.7 Å². The van der Waals surface area contributed by atoms with Gasteiger partial charge in [0.05, 0.1) is 0 Å². The van der Waals surface area contributed by atoms with E-state index in [2.05, 4.69) is 72.1 Å². The van der Waals surface area contributed by atoms with Crippen molar-refractivity contribution in [1.29, 1.82) is 0 Å². The van der Waals surface area contributed by atoms with Gasteiger partial charge in [0, 0.05) is 0 Å². The van der Waals surface area contributed by atoms with E-state index in [-0.39, 0.29) is 0 Å². The zero-order valence-corrected chi connectivity index (χ0v) is 11.8. The van der Waals surface area contributed by atoms with Crippen molar-refractivity contribution in [3.8, 4) is 11.1 Å². The fourth-order valence-corrected chi connectivity index (χ4v) is 2.70. The molecule has 0 bridgehead atoms. The van der Waals surface area contributed by atoms with Gasteiger partial charge in [-0.2, -0.15) is 0 Å². The van der Waals surface area contributed by atoms with E-state index in [1.807, 2.05) is 0 Å². The monoisotopic (exact) mass is 263 g/mol. The van der Waals surface area contributed by atoms with Crippen LogP contribution in [-0.4, -0.2) is 13.1 Å². The largest absolute Gasteiger partial charge is 0.317 e. The molecule has 0 saturated carbocycles. The van der Waals surface area contributed by atoms with Gasteiger partial charge < -0.3 is 5.32 Å². The Kier molecular flexibility index (Phi) is 4.29. The van der Waals surface area contributed by atoms with Gasteiger partial charge in [-0.05, 0) is 48.5 Å². The van der Waals surface area contributed by atoms with Crippen LogP contribution in [-0.2, 0) is 0 Å². The number of hydrogen-bond acceptors (Lipinski definition) is 1. The van der Waals surface area contributed by atoms with Crippen LogP contribution in [0.5, 0.6) is 0 Å². The van der Waals surface area contributed by atoms with E-state index < -0.39 is 0 Å². The molecule has 1 fully saturated rings. The minimum absolute atomic E-state index is 0.741. The molecule has 1 nitrogen and oxygen atoms in total. The molecule has 1 heterocycles. The van der Waals surface area contributed by atoms with Gasteiger partial charge in [-0.1, -0.05) is 66.7 Å². The Morgan fingerprint density at radius 2 is 1.45 bits per heavy atom. The summed E-state index contributed by atoms with van der Waals surface area (Å²) in [5.41, 5.74) is 3.86. The van der Waals surface area contributed by atoms with Gasteiger partial charge in [-0.15, -0.1) is 0 Å².